The zero-order valence-corrected chi connectivity index (χ0v) is 14.6. The fraction of sp³-hybridized carbons (Fsp3) is 0.895. The average Bonchev–Trinajstić information content (AvgIpc) is 2.50. The largest absolute Gasteiger partial charge is 0.347 e. The number of nitrogens with zero attached hydrogens (tertiary/aromatic N) is 1. The number of carbonyl (C=O) groups excluding carboxylic acids is 2. The molecular weight excluding hydrogens is 302 g/mol. The number of nitrogens with one attached hydrogen (secondary N) is 1. The van der Waals surface area contributed by atoms with Crippen LogP contribution in [0, 0.1) is 23.2 Å². The van der Waals surface area contributed by atoms with E-state index in [9.17, 15) is 9.59 Å². The van der Waals surface area contributed by atoms with Crippen LogP contribution in [0.1, 0.15) is 57.8 Å². The second-order valence-corrected chi connectivity index (χ2v) is 9.11. The fourth-order valence-electron chi connectivity index (χ4n) is 6.43. The Balaban J connectivity index is 1.27. The van der Waals surface area contributed by atoms with Gasteiger partial charge in [0.05, 0.1) is 6.54 Å². The second kappa shape index (κ2) is 6.32. The van der Waals surface area contributed by atoms with Crippen LogP contribution < -0.4 is 11.1 Å². The van der Waals surface area contributed by atoms with Gasteiger partial charge in [0.25, 0.3) is 0 Å². The van der Waals surface area contributed by atoms with E-state index in [0.717, 1.165) is 37.1 Å². The van der Waals surface area contributed by atoms with E-state index in [4.69, 9.17) is 5.73 Å². The van der Waals surface area contributed by atoms with E-state index >= 15 is 0 Å². The monoisotopic (exact) mass is 333 g/mol. The molecular formula is C19H31N3O2. The molecule has 1 aliphatic heterocycles. The summed E-state index contributed by atoms with van der Waals surface area (Å²) < 4.78 is 0. The molecule has 1 atom stereocenters. The van der Waals surface area contributed by atoms with Gasteiger partial charge in [-0.25, -0.2) is 0 Å². The molecule has 1 unspecified atom stereocenters. The van der Waals surface area contributed by atoms with Crippen molar-refractivity contribution in [2.75, 3.05) is 19.6 Å². The lowest BCUT2D eigenvalue weighted by atomic mass is 9.49. The highest BCUT2D eigenvalue weighted by Gasteiger charge is 2.51. The molecule has 4 saturated carbocycles. The molecule has 5 aliphatic rings. The predicted octanol–water partition coefficient (Wildman–Crippen LogP) is 1.66. The molecule has 2 amide bonds. The number of hydrogen-bond acceptors (Lipinski definition) is 3. The molecule has 5 heteroatoms. The standard InChI is InChI=1S/C19H31N3O2/c20-16-2-1-3-22(12-16)18(24)11-21-17(23)10-19-7-13-4-14(8-19)6-15(5-13)9-19/h13-16H,1-12,20H2,(H,21,23). The summed E-state index contributed by atoms with van der Waals surface area (Å²) in [5.41, 5.74) is 6.18. The molecule has 24 heavy (non-hydrogen) atoms. The maximum Gasteiger partial charge on any atom is 0.242 e. The first-order chi connectivity index (χ1) is 11.5. The third-order valence-corrected chi connectivity index (χ3v) is 6.95. The van der Waals surface area contributed by atoms with Gasteiger partial charge >= 0.3 is 0 Å². The first-order valence-corrected chi connectivity index (χ1v) is 9.81. The molecule has 0 radical (unpaired) electrons. The summed E-state index contributed by atoms with van der Waals surface area (Å²) in [7, 11) is 0. The molecule has 4 aliphatic carbocycles. The van der Waals surface area contributed by atoms with E-state index < -0.39 is 0 Å². The van der Waals surface area contributed by atoms with Gasteiger partial charge in [-0.3, -0.25) is 9.59 Å². The van der Waals surface area contributed by atoms with Gasteiger partial charge in [0.2, 0.25) is 11.8 Å². The Labute approximate surface area is 144 Å². The number of amides is 2. The van der Waals surface area contributed by atoms with Crippen LogP contribution in [-0.2, 0) is 9.59 Å². The minimum absolute atomic E-state index is 0.0176. The lowest BCUT2D eigenvalue weighted by Crippen LogP contribution is -2.50. The molecule has 4 bridgehead atoms. The third-order valence-electron chi connectivity index (χ3n) is 6.95. The molecule has 5 rings (SSSR count). The van der Waals surface area contributed by atoms with Crippen LogP contribution in [0.3, 0.4) is 0 Å². The lowest BCUT2D eigenvalue weighted by Gasteiger charge is -2.56. The quantitative estimate of drug-likeness (QED) is 0.821. The Hall–Kier alpha value is -1.10. The van der Waals surface area contributed by atoms with Crippen LogP contribution in [0.25, 0.3) is 0 Å². The van der Waals surface area contributed by atoms with Gasteiger partial charge in [-0.05, 0) is 74.5 Å². The van der Waals surface area contributed by atoms with E-state index in [1.807, 2.05) is 0 Å². The first-order valence-electron chi connectivity index (χ1n) is 9.81. The molecule has 0 spiro atoms. The summed E-state index contributed by atoms with van der Waals surface area (Å²) in [4.78, 5) is 26.5. The van der Waals surface area contributed by atoms with Gasteiger partial charge in [0.1, 0.15) is 0 Å². The van der Waals surface area contributed by atoms with Crippen molar-refractivity contribution in [3.05, 3.63) is 0 Å². The summed E-state index contributed by atoms with van der Waals surface area (Å²) in [6, 6.07) is 0.0884. The summed E-state index contributed by atoms with van der Waals surface area (Å²) >= 11 is 0. The highest BCUT2D eigenvalue weighted by Crippen LogP contribution is 2.61. The van der Waals surface area contributed by atoms with Crippen molar-refractivity contribution in [2.45, 2.75) is 63.8 Å². The minimum Gasteiger partial charge on any atom is -0.347 e. The average molecular weight is 333 g/mol. The van der Waals surface area contributed by atoms with Crippen molar-refractivity contribution in [1.82, 2.24) is 10.2 Å². The molecule has 0 aromatic heterocycles. The van der Waals surface area contributed by atoms with E-state index in [1.165, 1.54) is 38.5 Å². The van der Waals surface area contributed by atoms with E-state index in [-0.39, 0.29) is 29.8 Å². The predicted molar refractivity (Wildman–Crippen MR) is 92.0 cm³/mol. The second-order valence-electron chi connectivity index (χ2n) is 9.11. The Morgan fingerprint density at radius 3 is 2.29 bits per heavy atom. The van der Waals surface area contributed by atoms with Gasteiger partial charge in [0, 0.05) is 25.6 Å². The van der Waals surface area contributed by atoms with Crippen molar-refractivity contribution in [3.63, 3.8) is 0 Å². The van der Waals surface area contributed by atoms with E-state index in [1.54, 1.807) is 4.90 Å². The van der Waals surface area contributed by atoms with Crippen LogP contribution in [0.2, 0.25) is 0 Å². The zero-order chi connectivity index (χ0) is 16.7. The maximum absolute atomic E-state index is 12.5. The summed E-state index contributed by atoms with van der Waals surface area (Å²) in [5, 5.41) is 2.90. The molecule has 0 aromatic carbocycles. The smallest absolute Gasteiger partial charge is 0.242 e. The Morgan fingerprint density at radius 2 is 1.71 bits per heavy atom. The highest BCUT2D eigenvalue weighted by molar-refractivity contribution is 5.85. The van der Waals surface area contributed by atoms with E-state index in [2.05, 4.69) is 5.32 Å². The normalized spacial score (nSPS) is 40.6. The Kier molecular flexibility index (Phi) is 4.31. The first kappa shape index (κ1) is 16.4. The van der Waals surface area contributed by atoms with Crippen molar-refractivity contribution < 1.29 is 9.59 Å². The van der Waals surface area contributed by atoms with Gasteiger partial charge in [0.15, 0.2) is 0 Å². The molecule has 1 heterocycles. The van der Waals surface area contributed by atoms with Crippen molar-refractivity contribution >= 4 is 11.8 Å². The summed E-state index contributed by atoms with van der Waals surface area (Å²) in [6.07, 6.45) is 10.5. The number of piperidine rings is 1. The topological polar surface area (TPSA) is 75.4 Å². The number of carbonyl (C=O) groups is 2. The number of hydrogen-bond donors (Lipinski definition) is 2. The van der Waals surface area contributed by atoms with Gasteiger partial charge in [-0.15, -0.1) is 0 Å². The molecule has 1 saturated heterocycles. The molecule has 5 nitrogen and oxygen atoms in total. The molecule has 134 valence electrons. The number of nitrogens with two attached hydrogens (primary N) is 1. The van der Waals surface area contributed by atoms with Crippen LogP contribution >= 0.6 is 0 Å². The SMILES string of the molecule is NC1CCCN(C(=O)CNC(=O)CC23CC4CC(CC(C4)C2)C3)C1. The lowest BCUT2D eigenvalue weighted by molar-refractivity contribution is -0.136. The summed E-state index contributed by atoms with van der Waals surface area (Å²) in [5.74, 6) is 2.68. The Bertz CT molecular complexity index is 483. The van der Waals surface area contributed by atoms with Gasteiger partial charge < -0.3 is 16.0 Å². The van der Waals surface area contributed by atoms with Crippen molar-refractivity contribution in [1.29, 1.82) is 0 Å². The van der Waals surface area contributed by atoms with Crippen molar-refractivity contribution in [2.24, 2.45) is 28.9 Å². The van der Waals surface area contributed by atoms with Crippen molar-refractivity contribution in [3.8, 4) is 0 Å². The maximum atomic E-state index is 12.5. The number of rotatable bonds is 4. The van der Waals surface area contributed by atoms with Crippen LogP contribution in [-0.4, -0.2) is 42.4 Å². The summed E-state index contributed by atoms with van der Waals surface area (Å²) in [6.45, 7) is 1.54. The van der Waals surface area contributed by atoms with Gasteiger partial charge in [-0.2, -0.15) is 0 Å². The Morgan fingerprint density at radius 1 is 1.08 bits per heavy atom. The van der Waals surface area contributed by atoms with Gasteiger partial charge in [-0.1, -0.05) is 0 Å². The van der Waals surface area contributed by atoms with Crippen LogP contribution in [0.15, 0.2) is 0 Å². The fourth-order valence-corrected chi connectivity index (χ4v) is 6.43. The van der Waals surface area contributed by atoms with Crippen LogP contribution in [0.4, 0.5) is 0 Å². The number of likely N-dealkylation sites (tertiary alicyclic amines) is 1. The third kappa shape index (κ3) is 3.32. The van der Waals surface area contributed by atoms with Crippen LogP contribution in [0.5, 0.6) is 0 Å². The van der Waals surface area contributed by atoms with E-state index in [0.29, 0.717) is 13.0 Å². The highest BCUT2D eigenvalue weighted by atomic mass is 16.2. The molecule has 5 fully saturated rings. The molecule has 0 aromatic rings. The minimum atomic E-state index is 0.0176. The molecule has 3 N–H and O–H groups in total. The zero-order valence-electron chi connectivity index (χ0n) is 14.6.